The van der Waals surface area contributed by atoms with E-state index in [1.54, 1.807) is 25.1 Å². The van der Waals surface area contributed by atoms with Crippen LogP contribution in [0.3, 0.4) is 0 Å². The van der Waals surface area contributed by atoms with E-state index in [0.29, 0.717) is 27.8 Å². The number of nitro groups is 1. The molecule has 24 heavy (non-hydrogen) atoms. The number of anilines is 1. The second-order valence-electron chi connectivity index (χ2n) is 5.34. The van der Waals surface area contributed by atoms with Gasteiger partial charge in [-0.2, -0.15) is 0 Å². The van der Waals surface area contributed by atoms with Gasteiger partial charge in [0.2, 0.25) is 0 Å². The van der Waals surface area contributed by atoms with Crippen LogP contribution in [-0.2, 0) is 6.54 Å². The molecule has 0 spiro atoms. The highest BCUT2D eigenvalue weighted by Crippen LogP contribution is 2.28. The fourth-order valence-electron chi connectivity index (χ4n) is 2.49. The van der Waals surface area contributed by atoms with Gasteiger partial charge < -0.3 is 14.8 Å². The zero-order valence-corrected chi connectivity index (χ0v) is 12.8. The lowest BCUT2D eigenvalue weighted by Gasteiger charge is -2.10. The van der Waals surface area contributed by atoms with Crippen LogP contribution in [0.1, 0.15) is 11.1 Å². The van der Waals surface area contributed by atoms with Gasteiger partial charge in [-0.25, -0.2) is 4.79 Å². The van der Waals surface area contributed by atoms with E-state index >= 15 is 0 Å². The second-order valence-corrected chi connectivity index (χ2v) is 5.34. The summed E-state index contributed by atoms with van der Waals surface area (Å²) in [4.78, 5) is 22.1. The molecule has 0 radical (unpaired) electrons. The van der Waals surface area contributed by atoms with Gasteiger partial charge in [-0.1, -0.05) is 6.07 Å². The van der Waals surface area contributed by atoms with Crippen LogP contribution in [-0.4, -0.2) is 10.0 Å². The van der Waals surface area contributed by atoms with Gasteiger partial charge in [-0.05, 0) is 30.7 Å². The number of nitrogens with zero attached hydrogens (tertiary/aromatic N) is 1. The number of hydrogen-bond donors (Lipinski definition) is 2. The quantitative estimate of drug-likeness (QED) is 0.433. The first kappa shape index (κ1) is 15.5. The van der Waals surface area contributed by atoms with E-state index in [1.165, 1.54) is 24.3 Å². The molecule has 0 bridgehead atoms. The standard InChI is InChI=1S/C17H14N2O5/c1-10-15(20)6-5-14-11(7-16(21)24-17(10)14)9-18-12-3-2-4-13(8-12)19(22)23/h2-8,18,20H,9H2,1H3. The molecule has 0 saturated carbocycles. The Kier molecular flexibility index (Phi) is 3.91. The fourth-order valence-corrected chi connectivity index (χ4v) is 2.49. The van der Waals surface area contributed by atoms with Crippen molar-refractivity contribution in [1.29, 1.82) is 0 Å². The molecule has 7 nitrogen and oxygen atoms in total. The highest BCUT2D eigenvalue weighted by molar-refractivity contribution is 5.85. The van der Waals surface area contributed by atoms with Crippen LogP contribution in [0.5, 0.6) is 5.75 Å². The highest BCUT2D eigenvalue weighted by Gasteiger charge is 2.11. The number of aromatic hydroxyl groups is 1. The maximum absolute atomic E-state index is 11.8. The third-order valence-corrected chi connectivity index (χ3v) is 3.76. The average molecular weight is 326 g/mol. The summed E-state index contributed by atoms with van der Waals surface area (Å²) < 4.78 is 5.18. The molecular weight excluding hydrogens is 312 g/mol. The topological polar surface area (TPSA) is 106 Å². The second kappa shape index (κ2) is 6.04. The third kappa shape index (κ3) is 2.91. The van der Waals surface area contributed by atoms with Crippen LogP contribution in [0.15, 0.2) is 51.7 Å². The van der Waals surface area contributed by atoms with E-state index < -0.39 is 10.5 Å². The van der Waals surface area contributed by atoms with Crippen LogP contribution in [0, 0.1) is 17.0 Å². The predicted octanol–water partition coefficient (Wildman–Crippen LogP) is 3.33. The minimum Gasteiger partial charge on any atom is -0.508 e. The summed E-state index contributed by atoms with van der Waals surface area (Å²) in [7, 11) is 0. The van der Waals surface area contributed by atoms with E-state index in [4.69, 9.17) is 4.42 Å². The Hall–Kier alpha value is -3.35. The molecule has 0 aliphatic heterocycles. The Balaban J connectivity index is 1.96. The summed E-state index contributed by atoms with van der Waals surface area (Å²) in [5.74, 6) is 0.0504. The van der Waals surface area contributed by atoms with E-state index in [1.807, 2.05) is 0 Å². The van der Waals surface area contributed by atoms with Crippen molar-refractivity contribution in [2.45, 2.75) is 13.5 Å². The number of aryl methyl sites for hydroxylation is 1. The lowest BCUT2D eigenvalue weighted by Crippen LogP contribution is -2.06. The third-order valence-electron chi connectivity index (χ3n) is 3.76. The van der Waals surface area contributed by atoms with Crippen molar-refractivity contribution in [3.63, 3.8) is 0 Å². The minimum atomic E-state index is -0.521. The zero-order valence-electron chi connectivity index (χ0n) is 12.8. The van der Waals surface area contributed by atoms with Gasteiger partial charge in [0, 0.05) is 41.4 Å². The van der Waals surface area contributed by atoms with Gasteiger partial charge >= 0.3 is 5.63 Å². The first-order chi connectivity index (χ1) is 11.5. The Labute approximate surface area is 136 Å². The number of phenols is 1. The Bertz CT molecular complexity index is 994. The van der Waals surface area contributed by atoms with Crippen molar-refractivity contribution >= 4 is 22.3 Å². The summed E-state index contributed by atoms with van der Waals surface area (Å²) in [6.07, 6.45) is 0. The molecule has 2 N–H and O–H groups in total. The zero-order chi connectivity index (χ0) is 17.3. The molecule has 1 aromatic heterocycles. The van der Waals surface area contributed by atoms with E-state index in [9.17, 15) is 20.0 Å². The lowest BCUT2D eigenvalue weighted by atomic mass is 10.1. The number of rotatable bonds is 4. The normalized spacial score (nSPS) is 10.7. The predicted molar refractivity (Wildman–Crippen MR) is 89.3 cm³/mol. The van der Waals surface area contributed by atoms with Gasteiger partial charge in [0.25, 0.3) is 5.69 Å². The Morgan fingerprint density at radius 1 is 1.25 bits per heavy atom. The molecule has 1 heterocycles. The minimum absolute atomic E-state index is 0.0156. The van der Waals surface area contributed by atoms with Crippen molar-refractivity contribution in [1.82, 2.24) is 0 Å². The van der Waals surface area contributed by atoms with Crippen molar-refractivity contribution in [2.75, 3.05) is 5.32 Å². The number of non-ortho nitro benzene ring substituents is 1. The molecule has 122 valence electrons. The molecule has 3 rings (SSSR count). The first-order valence-corrected chi connectivity index (χ1v) is 7.19. The molecule has 3 aromatic rings. The highest BCUT2D eigenvalue weighted by atomic mass is 16.6. The van der Waals surface area contributed by atoms with Gasteiger partial charge in [0.15, 0.2) is 0 Å². The molecule has 0 aliphatic rings. The van der Waals surface area contributed by atoms with E-state index in [-0.39, 0.29) is 18.0 Å². The van der Waals surface area contributed by atoms with Crippen LogP contribution in [0.2, 0.25) is 0 Å². The number of fused-ring (bicyclic) bond motifs is 1. The summed E-state index contributed by atoms with van der Waals surface area (Å²) in [5, 5.41) is 24.3. The van der Waals surface area contributed by atoms with Crippen LogP contribution in [0.4, 0.5) is 11.4 Å². The fraction of sp³-hybridized carbons (Fsp3) is 0.118. The maximum atomic E-state index is 11.8. The van der Waals surface area contributed by atoms with Gasteiger partial charge in [-0.15, -0.1) is 0 Å². The molecule has 0 saturated heterocycles. The van der Waals surface area contributed by atoms with Gasteiger partial charge in [0.1, 0.15) is 11.3 Å². The molecule has 0 atom stereocenters. The lowest BCUT2D eigenvalue weighted by molar-refractivity contribution is -0.384. The number of benzene rings is 2. The van der Waals surface area contributed by atoms with Crippen LogP contribution < -0.4 is 10.9 Å². The van der Waals surface area contributed by atoms with Crippen molar-refractivity contribution < 1.29 is 14.4 Å². The van der Waals surface area contributed by atoms with Crippen molar-refractivity contribution in [3.8, 4) is 5.75 Å². The first-order valence-electron chi connectivity index (χ1n) is 7.19. The van der Waals surface area contributed by atoms with E-state index in [0.717, 1.165) is 0 Å². The van der Waals surface area contributed by atoms with Crippen LogP contribution in [0.25, 0.3) is 11.0 Å². The van der Waals surface area contributed by atoms with Crippen molar-refractivity contribution in [3.05, 3.63) is 74.1 Å². The Morgan fingerprint density at radius 2 is 2.04 bits per heavy atom. The summed E-state index contributed by atoms with van der Waals surface area (Å²) in [5.41, 5.74) is 1.53. The number of nitrogens with one attached hydrogen (secondary N) is 1. The molecule has 0 fully saturated rings. The Morgan fingerprint density at radius 3 is 2.79 bits per heavy atom. The molecule has 7 heteroatoms. The van der Waals surface area contributed by atoms with Gasteiger partial charge in [0.05, 0.1) is 4.92 Å². The van der Waals surface area contributed by atoms with E-state index in [2.05, 4.69) is 5.32 Å². The monoisotopic (exact) mass is 326 g/mol. The molecule has 0 unspecified atom stereocenters. The molecule has 0 aliphatic carbocycles. The average Bonchev–Trinajstić information content (AvgIpc) is 2.56. The van der Waals surface area contributed by atoms with Gasteiger partial charge in [-0.3, -0.25) is 10.1 Å². The summed E-state index contributed by atoms with van der Waals surface area (Å²) in [6.45, 7) is 1.95. The summed E-state index contributed by atoms with van der Waals surface area (Å²) in [6, 6.07) is 10.7. The molecule has 0 amide bonds. The molecular formula is C17H14N2O5. The maximum Gasteiger partial charge on any atom is 0.336 e. The number of hydrogen-bond acceptors (Lipinski definition) is 6. The van der Waals surface area contributed by atoms with Crippen LogP contribution >= 0.6 is 0 Å². The molecule has 2 aromatic carbocycles. The number of phenolic OH excluding ortho intramolecular Hbond substituents is 1. The summed E-state index contributed by atoms with van der Waals surface area (Å²) >= 11 is 0. The SMILES string of the molecule is Cc1c(O)ccc2c(CNc3cccc([N+](=O)[O-])c3)cc(=O)oc12. The van der Waals surface area contributed by atoms with Crippen molar-refractivity contribution in [2.24, 2.45) is 0 Å². The smallest absolute Gasteiger partial charge is 0.336 e. The largest absolute Gasteiger partial charge is 0.508 e. The number of nitro benzene ring substituents is 1.